The van der Waals surface area contributed by atoms with Gasteiger partial charge in [0.2, 0.25) is 0 Å². The first kappa shape index (κ1) is 18.0. The number of aromatic amines is 1. The van der Waals surface area contributed by atoms with Crippen LogP contribution in [0.2, 0.25) is 0 Å². The van der Waals surface area contributed by atoms with Gasteiger partial charge in [0.25, 0.3) is 0 Å². The molecule has 3 aromatic rings. The first-order chi connectivity index (χ1) is 13.7. The van der Waals surface area contributed by atoms with Crippen molar-refractivity contribution in [3.8, 4) is 6.01 Å². The van der Waals surface area contributed by atoms with E-state index in [0.717, 1.165) is 45.5 Å². The van der Waals surface area contributed by atoms with E-state index in [4.69, 9.17) is 20.6 Å². The molecule has 2 aromatic heterocycles. The Bertz CT molecular complexity index is 1060. The summed E-state index contributed by atoms with van der Waals surface area (Å²) in [6.45, 7) is 1.76. The van der Waals surface area contributed by atoms with Crippen LogP contribution in [0.5, 0.6) is 6.01 Å². The average Bonchev–Trinajstić information content (AvgIpc) is 3.09. The van der Waals surface area contributed by atoms with Gasteiger partial charge >= 0.3 is 6.01 Å². The fourth-order valence-corrected chi connectivity index (χ4v) is 3.34. The molecular weight excluding hydrogens is 356 g/mol. The molecule has 0 fully saturated rings. The molecule has 0 spiro atoms. The van der Waals surface area contributed by atoms with Crippen LogP contribution >= 0.6 is 0 Å². The first-order valence-electron chi connectivity index (χ1n) is 9.05. The van der Waals surface area contributed by atoms with Crippen molar-refractivity contribution in [1.82, 2.24) is 20.3 Å². The third kappa shape index (κ3) is 3.29. The molecule has 3 heterocycles. The molecule has 0 saturated carbocycles. The lowest BCUT2D eigenvalue weighted by atomic mass is 10.0. The Morgan fingerprint density at radius 3 is 3.00 bits per heavy atom. The zero-order valence-electron chi connectivity index (χ0n) is 15.6. The van der Waals surface area contributed by atoms with E-state index in [1.165, 1.54) is 6.21 Å². The smallest absolute Gasteiger partial charge is 0.316 e. The van der Waals surface area contributed by atoms with Crippen LogP contribution in [0.15, 0.2) is 24.4 Å². The summed E-state index contributed by atoms with van der Waals surface area (Å²) in [5.41, 5.74) is 12.0. The average molecular weight is 378 g/mol. The van der Waals surface area contributed by atoms with Crippen LogP contribution in [0.25, 0.3) is 22.7 Å². The SMILES string of the molecule is COCCCOc1nccc(C2=Cc3c([nH]c4ccc(N)c(C=N)c34)CN2)n1. The summed E-state index contributed by atoms with van der Waals surface area (Å²) in [7, 11) is 1.66. The number of nitrogen functional groups attached to an aromatic ring is 1. The van der Waals surface area contributed by atoms with Gasteiger partial charge < -0.3 is 30.9 Å². The van der Waals surface area contributed by atoms with Gasteiger partial charge in [0, 0.05) is 66.0 Å². The molecule has 0 atom stereocenters. The van der Waals surface area contributed by atoms with Gasteiger partial charge in [-0.2, -0.15) is 4.98 Å². The predicted octanol–water partition coefficient (Wildman–Crippen LogP) is 2.55. The highest BCUT2D eigenvalue weighted by Crippen LogP contribution is 2.33. The summed E-state index contributed by atoms with van der Waals surface area (Å²) in [5, 5.41) is 12.1. The highest BCUT2D eigenvalue weighted by molar-refractivity contribution is 6.08. The van der Waals surface area contributed by atoms with E-state index in [0.29, 0.717) is 31.5 Å². The second-order valence-corrected chi connectivity index (χ2v) is 6.48. The monoisotopic (exact) mass is 378 g/mol. The Hall–Kier alpha value is -3.39. The van der Waals surface area contributed by atoms with Gasteiger partial charge in [0.15, 0.2) is 0 Å². The zero-order valence-corrected chi connectivity index (χ0v) is 15.6. The predicted molar refractivity (Wildman–Crippen MR) is 109 cm³/mol. The fraction of sp³-hybridized carbons (Fsp3) is 0.250. The first-order valence-corrected chi connectivity index (χ1v) is 9.05. The third-order valence-corrected chi connectivity index (χ3v) is 4.68. The van der Waals surface area contributed by atoms with E-state index in [9.17, 15) is 0 Å². The molecule has 0 radical (unpaired) electrons. The van der Waals surface area contributed by atoms with Gasteiger partial charge in [-0.05, 0) is 24.3 Å². The molecule has 0 aliphatic carbocycles. The van der Waals surface area contributed by atoms with Crippen LogP contribution in [0.4, 0.5) is 5.69 Å². The lowest BCUT2D eigenvalue weighted by Crippen LogP contribution is -2.17. The normalized spacial score (nSPS) is 13.0. The van der Waals surface area contributed by atoms with Gasteiger partial charge in [-0.25, -0.2) is 4.98 Å². The van der Waals surface area contributed by atoms with E-state index in [2.05, 4.69) is 20.3 Å². The van der Waals surface area contributed by atoms with Crippen molar-refractivity contribution in [3.05, 3.63) is 46.9 Å². The van der Waals surface area contributed by atoms with E-state index < -0.39 is 0 Å². The number of ether oxygens (including phenoxy) is 2. The Labute approximate surface area is 162 Å². The Morgan fingerprint density at radius 2 is 2.18 bits per heavy atom. The number of aromatic nitrogens is 3. The molecule has 8 heteroatoms. The van der Waals surface area contributed by atoms with Crippen molar-refractivity contribution in [3.63, 3.8) is 0 Å². The maximum atomic E-state index is 7.76. The number of fused-ring (bicyclic) bond motifs is 3. The molecule has 5 N–H and O–H groups in total. The lowest BCUT2D eigenvalue weighted by Gasteiger charge is -2.16. The minimum Gasteiger partial charge on any atom is -0.463 e. The number of rotatable bonds is 7. The fourth-order valence-electron chi connectivity index (χ4n) is 3.34. The highest BCUT2D eigenvalue weighted by Gasteiger charge is 2.20. The zero-order chi connectivity index (χ0) is 19.5. The largest absolute Gasteiger partial charge is 0.463 e. The highest BCUT2D eigenvalue weighted by atomic mass is 16.5. The van der Waals surface area contributed by atoms with Gasteiger partial charge in [0.1, 0.15) is 0 Å². The summed E-state index contributed by atoms with van der Waals surface area (Å²) in [5.74, 6) is 0. The molecule has 28 heavy (non-hydrogen) atoms. The van der Waals surface area contributed by atoms with Gasteiger partial charge in [-0.3, -0.25) is 0 Å². The number of H-pyrrole nitrogens is 1. The molecular formula is C20H22N6O2. The van der Waals surface area contributed by atoms with Crippen LogP contribution in [0.3, 0.4) is 0 Å². The summed E-state index contributed by atoms with van der Waals surface area (Å²) in [4.78, 5) is 12.1. The van der Waals surface area contributed by atoms with Gasteiger partial charge in [-0.15, -0.1) is 0 Å². The second-order valence-electron chi connectivity index (χ2n) is 6.48. The van der Waals surface area contributed by atoms with Crippen LogP contribution in [-0.4, -0.2) is 41.5 Å². The van der Waals surface area contributed by atoms with Gasteiger partial charge in [0.05, 0.1) is 24.5 Å². The molecule has 0 amide bonds. The third-order valence-electron chi connectivity index (χ3n) is 4.68. The number of nitrogens with two attached hydrogens (primary N) is 1. The van der Waals surface area contributed by atoms with Crippen molar-refractivity contribution in [1.29, 1.82) is 5.41 Å². The minimum absolute atomic E-state index is 0.338. The van der Waals surface area contributed by atoms with Gasteiger partial charge in [-0.1, -0.05) is 0 Å². The summed E-state index contributed by atoms with van der Waals surface area (Å²) >= 11 is 0. The van der Waals surface area contributed by atoms with Crippen molar-refractivity contribution in [2.45, 2.75) is 13.0 Å². The number of nitrogens with one attached hydrogen (secondary N) is 3. The second kappa shape index (κ2) is 7.69. The maximum Gasteiger partial charge on any atom is 0.316 e. The molecule has 8 nitrogen and oxygen atoms in total. The maximum absolute atomic E-state index is 7.76. The summed E-state index contributed by atoms with van der Waals surface area (Å²) in [6, 6.07) is 5.94. The topological polar surface area (TPSA) is 122 Å². The van der Waals surface area contributed by atoms with Crippen LogP contribution in [-0.2, 0) is 11.3 Å². The molecule has 0 bridgehead atoms. The summed E-state index contributed by atoms with van der Waals surface area (Å²) < 4.78 is 10.6. The van der Waals surface area contributed by atoms with E-state index >= 15 is 0 Å². The van der Waals surface area contributed by atoms with E-state index in [1.807, 2.05) is 24.3 Å². The molecule has 1 aliphatic heterocycles. The number of anilines is 1. The van der Waals surface area contributed by atoms with Crippen molar-refractivity contribution in [2.75, 3.05) is 26.1 Å². The molecule has 0 unspecified atom stereocenters. The molecule has 4 rings (SSSR count). The van der Waals surface area contributed by atoms with Crippen LogP contribution < -0.4 is 15.8 Å². The van der Waals surface area contributed by atoms with E-state index in [-0.39, 0.29) is 0 Å². The minimum atomic E-state index is 0.338. The molecule has 1 aliphatic rings. The Kier molecular flexibility index (Phi) is 4.94. The number of hydrogen-bond donors (Lipinski definition) is 4. The van der Waals surface area contributed by atoms with Crippen molar-refractivity contribution in [2.24, 2.45) is 0 Å². The quantitative estimate of drug-likeness (QED) is 0.285. The summed E-state index contributed by atoms with van der Waals surface area (Å²) in [6.07, 6.45) is 5.79. The molecule has 144 valence electrons. The number of methoxy groups -OCH3 is 1. The standard InChI is InChI=1S/C20H22N6O2/c1-27-7-2-8-28-20-23-6-5-15(26-20)17-9-12-18(11-24-17)25-16-4-3-14(22)13(10-21)19(12)16/h3-6,9-10,21,24-25H,2,7-8,11,22H2,1H3. The molecule has 1 aromatic carbocycles. The Morgan fingerprint density at radius 1 is 1.29 bits per heavy atom. The molecule has 0 saturated heterocycles. The number of nitrogens with zero attached hydrogens (tertiary/aromatic N) is 2. The lowest BCUT2D eigenvalue weighted by molar-refractivity contribution is 0.168. The van der Waals surface area contributed by atoms with Crippen molar-refractivity contribution >= 4 is 34.6 Å². The number of hydrogen-bond acceptors (Lipinski definition) is 7. The van der Waals surface area contributed by atoms with Crippen molar-refractivity contribution < 1.29 is 9.47 Å². The Balaban J connectivity index is 1.68. The van der Waals surface area contributed by atoms with E-state index in [1.54, 1.807) is 13.3 Å². The van der Waals surface area contributed by atoms with Crippen LogP contribution in [0, 0.1) is 5.41 Å². The number of benzene rings is 1. The van der Waals surface area contributed by atoms with Crippen LogP contribution in [0.1, 0.15) is 28.9 Å².